The van der Waals surface area contributed by atoms with Gasteiger partial charge in [0.05, 0.1) is 12.7 Å². The summed E-state index contributed by atoms with van der Waals surface area (Å²) >= 11 is 0. The van der Waals surface area contributed by atoms with Crippen molar-refractivity contribution in [2.45, 2.75) is 58.0 Å². The molecule has 1 aromatic carbocycles. The molecule has 9 heteroatoms. The minimum absolute atomic E-state index is 0. The summed E-state index contributed by atoms with van der Waals surface area (Å²) in [5.41, 5.74) is 1.11. The molecule has 1 aliphatic rings. The molecular formula is C23H34IN5O3. The zero-order valence-electron chi connectivity index (χ0n) is 19.2. The number of aliphatic imine (C=N–C) groups is 1. The number of hydrogen-bond donors (Lipinski definition) is 3. The second-order valence-corrected chi connectivity index (χ2v) is 8.75. The Morgan fingerprint density at radius 1 is 1.22 bits per heavy atom. The summed E-state index contributed by atoms with van der Waals surface area (Å²) in [7, 11) is 1.73. The number of nitrogens with one attached hydrogen (secondary N) is 3. The molecule has 0 radical (unpaired) electrons. The van der Waals surface area contributed by atoms with Gasteiger partial charge < -0.3 is 25.1 Å². The van der Waals surface area contributed by atoms with Crippen LogP contribution in [0.2, 0.25) is 0 Å². The number of ether oxygens (including phenoxy) is 1. The topological polar surface area (TPSA) is 101 Å². The Hall–Kier alpha value is -2.30. The lowest BCUT2D eigenvalue weighted by molar-refractivity contribution is -0.123. The molecule has 0 aliphatic heterocycles. The lowest BCUT2D eigenvalue weighted by Gasteiger charge is -2.13. The van der Waals surface area contributed by atoms with Crippen molar-refractivity contribution in [3.05, 3.63) is 47.7 Å². The molecule has 3 N–H and O–H groups in total. The van der Waals surface area contributed by atoms with Gasteiger partial charge in [0.25, 0.3) is 5.91 Å². The van der Waals surface area contributed by atoms with Gasteiger partial charge in [0.15, 0.2) is 12.6 Å². The molecule has 1 aliphatic carbocycles. The summed E-state index contributed by atoms with van der Waals surface area (Å²) in [4.78, 5) is 20.2. The molecule has 1 aromatic heterocycles. The van der Waals surface area contributed by atoms with Gasteiger partial charge in [-0.3, -0.25) is 9.79 Å². The van der Waals surface area contributed by atoms with E-state index >= 15 is 0 Å². The van der Waals surface area contributed by atoms with Crippen LogP contribution in [0.1, 0.15) is 50.8 Å². The number of amides is 1. The number of rotatable bonds is 9. The van der Waals surface area contributed by atoms with E-state index in [2.05, 4.69) is 46.7 Å². The van der Waals surface area contributed by atoms with E-state index in [0.717, 1.165) is 31.6 Å². The van der Waals surface area contributed by atoms with Gasteiger partial charge in [0.1, 0.15) is 11.5 Å². The zero-order chi connectivity index (χ0) is 22.3. The fourth-order valence-electron chi connectivity index (χ4n) is 2.84. The van der Waals surface area contributed by atoms with E-state index in [0.29, 0.717) is 30.2 Å². The Kier molecular flexibility index (Phi) is 9.80. The van der Waals surface area contributed by atoms with Crippen molar-refractivity contribution in [3.8, 4) is 5.75 Å². The second kappa shape index (κ2) is 12.1. The molecule has 1 saturated carbocycles. The Bertz CT molecular complexity index is 886. The highest BCUT2D eigenvalue weighted by Gasteiger charge is 2.23. The third-order valence-corrected chi connectivity index (χ3v) is 4.87. The summed E-state index contributed by atoms with van der Waals surface area (Å²) in [6.07, 6.45) is 4.76. The molecule has 1 heterocycles. The molecule has 2 aromatic rings. The van der Waals surface area contributed by atoms with Gasteiger partial charge in [-0.15, -0.1) is 24.0 Å². The van der Waals surface area contributed by atoms with Crippen LogP contribution >= 0.6 is 24.0 Å². The third kappa shape index (κ3) is 8.68. The summed E-state index contributed by atoms with van der Waals surface area (Å²) in [6, 6.07) is 8.15. The lowest BCUT2D eigenvalue weighted by Crippen LogP contribution is -2.37. The Morgan fingerprint density at radius 2 is 1.94 bits per heavy atom. The molecule has 1 amide bonds. The van der Waals surface area contributed by atoms with Gasteiger partial charge in [0, 0.05) is 25.0 Å². The van der Waals surface area contributed by atoms with Crippen LogP contribution in [0.15, 0.2) is 39.9 Å². The molecule has 1 fully saturated rings. The van der Waals surface area contributed by atoms with Crippen molar-refractivity contribution in [2.24, 2.45) is 4.99 Å². The average molecular weight is 555 g/mol. The lowest BCUT2D eigenvalue weighted by atomic mass is 9.94. The third-order valence-electron chi connectivity index (χ3n) is 4.87. The van der Waals surface area contributed by atoms with E-state index in [1.807, 2.05) is 24.3 Å². The second-order valence-electron chi connectivity index (χ2n) is 8.75. The van der Waals surface area contributed by atoms with Crippen LogP contribution in [0, 0.1) is 0 Å². The molecule has 0 bridgehead atoms. The maximum Gasteiger partial charge on any atom is 0.258 e. The fraction of sp³-hybridized carbons (Fsp3) is 0.522. The highest BCUT2D eigenvalue weighted by molar-refractivity contribution is 14.0. The van der Waals surface area contributed by atoms with Gasteiger partial charge in [-0.1, -0.05) is 32.9 Å². The molecule has 0 saturated heterocycles. The molecule has 0 atom stereocenters. The number of guanidine groups is 1. The summed E-state index contributed by atoms with van der Waals surface area (Å²) in [6.45, 7) is 7.53. The first-order chi connectivity index (χ1) is 14.8. The predicted molar refractivity (Wildman–Crippen MR) is 136 cm³/mol. The summed E-state index contributed by atoms with van der Waals surface area (Å²) in [5.74, 6) is 2.82. The number of carbonyl (C=O) groups is 1. The SMILES string of the molecule is CN=C(NCCc1ccc(OCC(=O)NC2CC2)cc1)NCc1ncc(C(C)(C)C)o1.I. The van der Waals surface area contributed by atoms with E-state index in [4.69, 9.17) is 9.15 Å². The predicted octanol–water partition coefficient (Wildman–Crippen LogP) is 3.16. The van der Waals surface area contributed by atoms with Crippen molar-refractivity contribution < 1.29 is 13.9 Å². The van der Waals surface area contributed by atoms with Crippen LogP contribution in [-0.4, -0.2) is 43.1 Å². The van der Waals surface area contributed by atoms with Gasteiger partial charge in [0.2, 0.25) is 5.89 Å². The molecule has 0 spiro atoms. The zero-order valence-corrected chi connectivity index (χ0v) is 21.6. The normalized spacial score (nSPS) is 13.8. The van der Waals surface area contributed by atoms with E-state index in [1.54, 1.807) is 13.2 Å². The molecule has 32 heavy (non-hydrogen) atoms. The van der Waals surface area contributed by atoms with Gasteiger partial charge in [-0.25, -0.2) is 4.98 Å². The Balaban J connectivity index is 0.00000363. The quantitative estimate of drug-likeness (QED) is 0.250. The van der Waals surface area contributed by atoms with Crippen LogP contribution in [0.4, 0.5) is 0 Å². The number of oxazole rings is 1. The van der Waals surface area contributed by atoms with E-state index in [-0.39, 0.29) is 41.9 Å². The van der Waals surface area contributed by atoms with Crippen molar-refractivity contribution in [1.29, 1.82) is 0 Å². The van der Waals surface area contributed by atoms with E-state index in [1.165, 1.54) is 5.56 Å². The minimum Gasteiger partial charge on any atom is -0.484 e. The van der Waals surface area contributed by atoms with Crippen molar-refractivity contribution in [1.82, 2.24) is 20.9 Å². The molecular weight excluding hydrogens is 521 g/mol. The van der Waals surface area contributed by atoms with Gasteiger partial charge in [-0.05, 0) is 37.0 Å². The van der Waals surface area contributed by atoms with Crippen LogP contribution in [0.5, 0.6) is 5.75 Å². The number of aromatic nitrogens is 1. The van der Waals surface area contributed by atoms with Crippen molar-refractivity contribution >= 4 is 35.8 Å². The first-order valence-corrected chi connectivity index (χ1v) is 10.7. The maximum absolute atomic E-state index is 11.7. The molecule has 0 unspecified atom stereocenters. The van der Waals surface area contributed by atoms with Crippen LogP contribution in [-0.2, 0) is 23.2 Å². The Labute approximate surface area is 207 Å². The van der Waals surface area contributed by atoms with Crippen LogP contribution in [0.25, 0.3) is 0 Å². The highest BCUT2D eigenvalue weighted by atomic mass is 127. The number of carbonyl (C=O) groups excluding carboxylic acids is 1. The van der Waals surface area contributed by atoms with Crippen LogP contribution < -0.4 is 20.7 Å². The molecule has 3 rings (SSSR count). The Morgan fingerprint density at radius 3 is 2.53 bits per heavy atom. The average Bonchev–Trinajstić information content (AvgIpc) is 3.41. The largest absolute Gasteiger partial charge is 0.484 e. The number of nitrogens with zero attached hydrogens (tertiary/aromatic N) is 2. The number of hydrogen-bond acceptors (Lipinski definition) is 5. The van der Waals surface area contributed by atoms with Gasteiger partial charge in [-0.2, -0.15) is 0 Å². The maximum atomic E-state index is 11.7. The monoisotopic (exact) mass is 555 g/mol. The molecule has 176 valence electrons. The molecule has 8 nitrogen and oxygen atoms in total. The van der Waals surface area contributed by atoms with E-state index in [9.17, 15) is 4.79 Å². The van der Waals surface area contributed by atoms with Crippen molar-refractivity contribution in [3.63, 3.8) is 0 Å². The van der Waals surface area contributed by atoms with Gasteiger partial charge >= 0.3 is 0 Å². The smallest absolute Gasteiger partial charge is 0.258 e. The number of benzene rings is 1. The van der Waals surface area contributed by atoms with Crippen molar-refractivity contribution in [2.75, 3.05) is 20.2 Å². The highest BCUT2D eigenvalue weighted by Crippen LogP contribution is 2.22. The first-order valence-electron chi connectivity index (χ1n) is 10.7. The fourth-order valence-corrected chi connectivity index (χ4v) is 2.84. The summed E-state index contributed by atoms with van der Waals surface area (Å²) in [5, 5.41) is 9.41. The number of halogens is 1. The van der Waals surface area contributed by atoms with Crippen LogP contribution in [0.3, 0.4) is 0 Å². The minimum atomic E-state index is -0.0611. The first kappa shape index (κ1) is 26.0. The van der Waals surface area contributed by atoms with E-state index < -0.39 is 0 Å². The summed E-state index contributed by atoms with van der Waals surface area (Å²) < 4.78 is 11.3. The standard InChI is InChI=1S/C23H33N5O3.HI/c1-23(2,3)19-13-26-21(31-19)14-27-22(24-4)25-12-11-16-5-9-18(10-6-16)30-15-20(29)28-17-7-8-17;/h5-6,9-10,13,17H,7-8,11-12,14-15H2,1-4H3,(H,28,29)(H2,24,25,27);1H.